The van der Waals surface area contributed by atoms with Crippen molar-refractivity contribution >= 4 is 49.9 Å². The average Bonchev–Trinajstić information content (AvgIpc) is 2.75. The fourth-order valence-corrected chi connectivity index (χ4v) is 4.38. The second-order valence-corrected chi connectivity index (χ2v) is 7.28. The molecule has 2 rings (SSSR count). The third kappa shape index (κ3) is 3.08. The summed E-state index contributed by atoms with van der Waals surface area (Å²) < 4.78 is 28.1. The summed E-state index contributed by atoms with van der Waals surface area (Å²) >= 11 is 7.86. The van der Waals surface area contributed by atoms with Gasteiger partial charge in [0.15, 0.2) is 0 Å². The molecule has 0 radical (unpaired) electrons. The number of aryl methyl sites for hydroxylation is 1. The molecule has 4 N–H and O–H groups in total. The number of hydrogen-bond donors (Lipinski definition) is 3. The van der Waals surface area contributed by atoms with E-state index in [9.17, 15) is 8.42 Å². The van der Waals surface area contributed by atoms with Gasteiger partial charge in [-0.2, -0.15) is 5.10 Å². The number of benzene rings is 1. The molecule has 20 heavy (non-hydrogen) atoms. The summed E-state index contributed by atoms with van der Waals surface area (Å²) in [6.07, 6.45) is 0. The molecule has 0 spiro atoms. The summed E-state index contributed by atoms with van der Waals surface area (Å²) in [7, 11) is -3.75. The Balaban J connectivity index is 2.43. The number of halogens is 2. The highest BCUT2D eigenvalue weighted by atomic mass is 127. The molecule has 0 aliphatic heterocycles. The van der Waals surface area contributed by atoms with Crippen LogP contribution in [0.1, 0.15) is 11.4 Å². The maximum Gasteiger partial charge on any atom is 0.265 e. The summed E-state index contributed by atoms with van der Waals surface area (Å²) in [5.41, 5.74) is 6.72. The van der Waals surface area contributed by atoms with Gasteiger partial charge in [-0.15, -0.1) is 0 Å². The molecule has 1 heterocycles. The molecule has 1 aromatic carbocycles. The first kappa shape index (κ1) is 15.5. The van der Waals surface area contributed by atoms with E-state index in [1.54, 1.807) is 25.1 Å². The molecule has 0 fully saturated rings. The summed E-state index contributed by atoms with van der Waals surface area (Å²) in [5, 5.41) is 7.06. The lowest BCUT2D eigenvalue weighted by Crippen LogP contribution is -2.17. The Morgan fingerprint density at radius 3 is 2.80 bits per heavy atom. The van der Waals surface area contributed by atoms with Gasteiger partial charge in [0.1, 0.15) is 4.90 Å². The van der Waals surface area contributed by atoms with Crippen molar-refractivity contribution in [1.29, 1.82) is 0 Å². The Morgan fingerprint density at radius 1 is 1.50 bits per heavy atom. The molecule has 9 heteroatoms. The van der Waals surface area contributed by atoms with Crippen molar-refractivity contribution in [1.82, 2.24) is 10.2 Å². The van der Waals surface area contributed by atoms with Gasteiger partial charge in [0.05, 0.1) is 17.1 Å². The number of anilines is 1. The summed E-state index contributed by atoms with van der Waals surface area (Å²) in [4.78, 5) is 0.0887. The highest BCUT2D eigenvalue weighted by Gasteiger charge is 2.24. The van der Waals surface area contributed by atoms with Crippen LogP contribution in [0, 0.1) is 10.5 Å². The molecule has 0 bridgehead atoms. The lowest BCUT2D eigenvalue weighted by molar-refractivity contribution is 0.599. The Labute approximate surface area is 135 Å². The highest BCUT2D eigenvalue weighted by Crippen LogP contribution is 2.26. The minimum absolute atomic E-state index is 0.0400. The summed E-state index contributed by atoms with van der Waals surface area (Å²) in [5.74, 6) is 0. The first-order chi connectivity index (χ1) is 9.35. The second-order valence-electron chi connectivity index (χ2n) is 4.06. The fraction of sp³-hybridized carbons (Fsp3) is 0.182. The van der Waals surface area contributed by atoms with Crippen molar-refractivity contribution in [2.24, 2.45) is 5.73 Å². The lowest BCUT2D eigenvalue weighted by atomic mass is 10.3. The van der Waals surface area contributed by atoms with E-state index in [1.807, 2.05) is 22.6 Å². The Hall–Kier alpha value is -0.840. The number of nitrogens with two attached hydrogens (primary N) is 1. The van der Waals surface area contributed by atoms with Crippen molar-refractivity contribution < 1.29 is 8.42 Å². The smallest absolute Gasteiger partial charge is 0.265 e. The van der Waals surface area contributed by atoms with Gasteiger partial charge in [0.2, 0.25) is 0 Å². The summed E-state index contributed by atoms with van der Waals surface area (Å²) in [6, 6.07) is 4.90. The molecule has 6 nitrogen and oxygen atoms in total. The Morgan fingerprint density at radius 2 is 2.20 bits per heavy atom. The van der Waals surface area contributed by atoms with E-state index in [4.69, 9.17) is 17.3 Å². The van der Waals surface area contributed by atoms with Gasteiger partial charge in [0, 0.05) is 15.1 Å². The molecule has 0 saturated carbocycles. The number of aromatic amines is 1. The van der Waals surface area contributed by atoms with Crippen LogP contribution in [0.4, 0.5) is 5.69 Å². The van der Waals surface area contributed by atoms with E-state index >= 15 is 0 Å². The van der Waals surface area contributed by atoms with E-state index in [1.165, 1.54) is 0 Å². The molecule has 0 unspecified atom stereocenters. The number of rotatable bonds is 4. The van der Waals surface area contributed by atoms with Gasteiger partial charge in [-0.3, -0.25) is 9.82 Å². The van der Waals surface area contributed by atoms with Crippen LogP contribution in [0.25, 0.3) is 0 Å². The number of sulfonamides is 1. The summed E-state index contributed by atoms with van der Waals surface area (Å²) in [6.45, 7) is 1.67. The number of nitrogens with zero attached hydrogens (tertiary/aromatic N) is 1. The van der Waals surface area contributed by atoms with Crippen LogP contribution in [-0.2, 0) is 16.6 Å². The van der Waals surface area contributed by atoms with Gasteiger partial charge < -0.3 is 5.73 Å². The van der Waals surface area contributed by atoms with Crippen LogP contribution in [-0.4, -0.2) is 18.6 Å². The first-order valence-corrected chi connectivity index (χ1v) is 8.51. The Kier molecular flexibility index (Phi) is 4.57. The molecule has 0 atom stereocenters. The van der Waals surface area contributed by atoms with E-state index in [-0.39, 0.29) is 11.4 Å². The topological polar surface area (TPSA) is 101 Å². The second kappa shape index (κ2) is 5.88. The monoisotopic (exact) mass is 426 g/mol. The van der Waals surface area contributed by atoms with Crippen LogP contribution >= 0.6 is 34.2 Å². The van der Waals surface area contributed by atoms with Crippen LogP contribution < -0.4 is 10.5 Å². The van der Waals surface area contributed by atoms with Gasteiger partial charge >= 0.3 is 0 Å². The van der Waals surface area contributed by atoms with Crippen LogP contribution in [0.5, 0.6) is 0 Å². The predicted molar refractivity (Wildman–Crippen MR) is 86.2 cm³/mol. The van der Waals surface area contributed by atoms with Crippen LogP contribution in [0.2, 0.25) is 5.02 Å². The molecule has 0 aliphatic rings. The zero-order valence-electron chi connectivity index (χ0n) is 10.4. The molecule has 0 amide bonds. The molecule has 108 valence electrons. The van der Waals surface area contributed by atoms with Crippen molar-refractivity contribution in [2.45, 2.75) is 18.4 Å². The van der Waals surface area contributed by atoms with Crippen LogP contribution in [0.15, 0.2) is 23.1 Å². The van der Waals surface area contributed by atoms with Crippen molar-refractivity contribution in [3.05, 3.63) is 38.2 Å². The SMILES string of the molecule is Cc1[nH]nc(CN)c1S(=O)(=O)Nc1ccc(Cl)cc1I. The van der Waals surface area contributed by atoms with Crippen molar-refractivity contribution in [3.8, 4) is 0 Å². The number of H-pyrrole nitrogens is 1. The van der Waals surface area contributed by atoms with E-state index in [2.05, 4.69) is 14.9 Å². The third-order valence-corrected chi connectivity index (χ3v) is 5.29. The Bertz CT molecular complexity index is 745. The maximum atomic E-state index is 12.4. The minimum atomic E-state index is -3.75. The molecule has 0 aliphatic carbocycles. The third-order valence-electron chi connectivity index (χ3n) is 2.60. The fourth-order valence-electron chi connectivity index (χ4n) is 1.73. The molecular weight excluding hydrogens is 415 g/mol. The number of nitrogens with one attached hydrogen (secondary N) is 2. The van der Waals surface area contributed by atoms with Gasteiger partial charge in [0.25, 0.3) is 10.0 Å². The maximum absolute atomic E-state index is 12.4. The standard InChI is InChI=1S/C11H12ClIN4O2S/c1-6-11(10(5-14)16-15-6)20(18,19)17-9-3-2-7(12)4-8(9)13/h2-4,17H,5,14H2,1H3,(H,15,16). The van der Waals surface area contributed by atoms with E-state index in [0.29, 0.717) is 25.7 Å². The minimum Gasteiger partial charge on any atom is -0.325 e. The van der Waals surface area contributed by atoms with E-state index < -0.39 is 10.0 Å². The van der Waals surface area contributed by atoms with Crippen molar-refractivity contribution in [2.75, 3.05) is 4.72 Å². The number of aromatic nitrogens is 2. The predicted octanol–water partition coefficient (Wildman–Crippen LogP) is 2.24. The largest absolute Gasteiger partial charge is 0.325 e. The zero-order chi connectivity index (χ0) is 14.9. The molecule has 2 aromatic rings. The van der Waals surface area contributed by atoms with Gasteiger partial charge in [-0.1, -0.05) is 11.6 Å². The molecule has 0 saturated heterocycles. The molecule has 1 aromatic heterocycles. The van der Waals surface area contributed by atoms with Gasteiger partial charge in [-0.05, 0) is 47.7 Å². The number of hydrogen-bond acceptors (Lipinski definition) is 4. The van der Waals surface area contributed by atoms with Crippen molar-refractivity contribution in [3.63, 3.8) is 0 Å². The van der Waals surface area contributed by atoms with E-state index in [0.717, 1.165) is 0 Å². The highest BCUT2D eigenvalue weighted by molar-refractivity contribution is 14.1. The first-order valence-electron chi connectivity index (χ1n) is 5.57. The zero-order valence-corrected chi connectivity index (χ0v) is 14.2. The normalized spacial score (nSPS) is 11.6. The quantitative estimate of drug-likeness (QED) is 0.653. The lowest BCUT2D eigenvalue weighted by Gasteiger charge is -2.10. The van der Waals surface area contributed by atoms with Gasteiger partial charge in [-0.25, -0.2) is 8.42 Å². The molecular formula is C11H12ClIN4O2S. The van der Waals surface area contributed by atoms with Crippen LogP contribution in [0.3, 0.4) is 0 Å². The average molecular weight is 427 g/mol.